The van der Waals surface area contributed by atoms with E-state index in [-0.39, 0.29) is 0 Å². The summed E-state index contributed by atoms with van der Waals surface area (Å²) in [6.45, 7) is 4.86. The first-order chi connectivity index (χ1) is 9.01. The van der Waals surface area contributed by atoms with Crippen molar-refractivity contribution in [2.24, 2.45) is 5.92 Å². The Labute approximate surface area is 115 Å². The summed E-state index contributed by atoms with van der Waals surface area (Å²) in [4.78, 5) is 13.8. The number of nitrogens with zero attached hydrogens (tertiary/aromatic N) is 1. The SMILES string of the molecule is COC(=O)C(C)(O)CN(CC1CC1)CC1CCCN1. The highest BCUT2D eigenvalue weighted by molar-refractivity contribution is 5.78. The second-order valence-electron chi connectivity index (χ2n) is 6.20. The number of aliphatic hydroxyl groups is 1. The number of rotatable bonds is 7. The number of esters is 1. The van der Waals surface area contributed by atoms with Crippen LogP contribution in [0.1, 0.15) is 32.6 Å². The smallest absolute Gasteiger partial charge is 0.338 e. The van der Waals surface area contributed by atoms with E-state index in [1.807, 2.05) is 0 Å². The highest BCUT2D eigenvalue weighted by Crippen LogP contribution is 2.30. The Bertz CT molecular complexity index is 310. The maximum absolute atomic E-state index is 11.6. The quantitative estimate of drug-likeness (QED) is 0.655. The topological polar surface area (TPSA) is 61.8 Å². The molecule has 0 spiro atoms. The Morgan fingerprint density at radius 3 is 2.68 bits per heavy atom. The number of carbonyl (C=O) groups excluding carboxylic acids is 1. The lowest BCUT2D eigenvalue weighted by molar-refractivity contribution is -0.162. The van der Waals surface area contributed by atoms with Crippen LogP contribution in [0.2, 0.25) is 0 Å². The van der Waals surface area contributed by atoms with Gasteiger partial charge in [0.1, 0.15) is 0 Å². The summed E-state index contributed by atoms with van der Waals surface area (Å²) in [5.74, 6) is 0.197. The van der Waals surface area contributed by atoms with E-state index in [1.165, 1.54) is 32.8 Å². The van der Waals surface area contributed by atoms with Crippen molar-refractivity contribution in [2.45, 2.75) is 44.2 Å². The molecule has 1 aliphatic carbocycles. The lowest BCUT2D eigenvalue weighted by Gasteiger charge is -2.31. The number of methoxy groups -OCH3 is 1. The van der Waals surface area contributed by atoms with Gasteiger partial charge in [-0.3, -0.25) is 4.90 Å². The van der Waals surface area contributed by atoms with Crippen molar-refractivity contribution in [3.8, 4) is 0 Å². The molecule has 0 radical (unpaired) electrons. The molecular formula is C14H26N2O3. The van der Waals surface area contributed by atoms with Crippen LogP contribution < -0.4 is 5.32 Å². The van der Waals surface area contributed by atoms with E-state index in [0.29, 0.717) is 12.6 Å². The summed E-state index contributed by atoms with van der Waals surface area (Å²) >= 11 is 0. The van der Waals surface area contributed by atoms with Gasteiger partial charge in [0, 0.05) is 25.7 Å². The van der Waals surface area contributed by atoms with Crippen LogP contribution in [0.5, 0.6) is 0 Å². The highest BCUT2D eigenvalue weighted by Gasteiger charge is 2.36. The van der Waals surface area contributed by atoms with Crippen molar-refractivity contribution in [2.75, 3.05) is 33.3 Å². The van der Waals surface area contributed by atoms with Crippen molar-refractivity contribution in [3.05, 3.63) is 0 Å². The molecular weight excluding hydrogens is 244 g/mol. The summed E-state index contributed by atoms with van der Waals surface area (Å²) in [5, 5.41) is 13.7. The molecule has 0 amide bonds. The van der Waals surface area contributed by atoms with Gasteiger partial charge in [-0.2, -0.15) is 0 Å². The molecule has 2 rings (SSSR count). The number of ether oxygens (including phenoxy) is 1. The van der Waals surface area contributed by atoms with E-state index in [0.717, 1.165) is 25.6 Å². The predicted octanol–water partition coefficient (Wildman–Crippen LogP) is 0.374. The van der Waals surface area contributed by atoms with Gasteiger partial charge in [-0.05, 0) is 45.1 Å². The first-order valence-electron chi connectivity index (χ1n) is 7.28. The summed E-state index contributed by atoms with van der Waals surface area (Å²) in [7, 11) is 1.32. The number of hydrogen-bond acceptors (Lipinski definition) is 5. The zero-order chi connectivity index (χ0) is 13.9. The fourth-order valence-electron chi connectivity index (χ4n) is 2.81. The van der Waals surface area contributed by atoms with Crippen LogP contribution >= 0.6 is 0 Å². The van der Waals surface area contributed by atoms with Gasteiger partial charge in [0.2, 0.25) is 0 Å². The molecule has 1 heterocycles. The van der Waals surface area contributed by atoms with Gasteiger partial charge in [0.25, 0.3) is 0 Å². The standard InChI is InChI=1S/C14H26N2O3/c1-14(18,13(17)19-2)10-16(8-11-5-6-11)9-12-4-3-7-15-12/h11-12,15,18H,3-10H2,1-2H3. The third kappa shape index (κ3) is 4.44. The average Bonchev–Trinajstić information content (AvgIpc) is 3.01. The molecule has 5 nitrogen and oxygen atoms in total. The fourth-order valence-corrected chi connectivity index (χ4v) is 2.81. The lowest BCUT2D eigenvalue weighted by atomic mass is 10.1. The van der Waals surface area contributed by atoms with Crippen molar-refractivity contribution >= 4 is 5.97 Å². The maximum atomic E-state index is 11.6. The lowest BCUT2D eigenvalue weighted by Crippen LogP contribution is -2.50. The summed E-state index contributed by atoms with van der Waals surface area (Å²) in [6, 6.07) is 0.493. The largest absolute Gasteiger partial charge is 0.467 e. The zero-order valence-electron chi connectivity index (χ0n) is 12.0. The van der Waals surface area contributed by atoms with Crippen LogP contribution in [-0.4, -0.2) is 60.9 Å². The van der Waals surface area contributed by atoms with E-state index >= 15 is 0 Å². The summed E-state index contributed by atoms with van der Waals surface area (Å²) < 4.78 is 4.68. The average molecular weight is 270 g/mol. The van der Waals surface area contributed by atoms with E-state index in [4.69, 9.17) is 0 Å². The number of hydrogen-bond donors (Lipinski definition) is 2. The first-order valence-corrected chi connectivity index (χ1v) is 7.28. The van der Waals surface area contributed by atoms with Crippen molar-refractivity contribution in [1.82, 2.24) is 10.2 Å². The molecule has 19 heavy (non-hydrogen) atoms. The summed E-state index contributed by atoms with van der Waals surface area (Å²) in [5.41, 5.74) is -1.41. The van der Waals surface area contributed by atoms with Crippen molar-refractivity contribution in [3.63, 3.8) is 0 Å². The van der Waals surface area contributed by atoms with Gasteiger partial charge in [0.15, 0.2) is 5.60 Å². The third-order valence-electron chi connectivity index (χ3n) is 4.01. The Morgan fingerprint density at radius 2 is 2.16 bits per heavy atom. The van der Waals surface area contributed by atoms with Gasteiger partial charge in [-0.25, -0.2) is 4.79 Å². The molecule has 1 saturated heterocycles. The van der Waals surface area contributed by atoms with E-state index < -0.39 is 11.6 Å². The summed E-state index contributed by atoms with van der Waals surface area (Å²) in [6.07, 6.45) is 4.95. The van der Waals surface area contributed by atoms with Gasteiger partial charge >= 0.3 is 5.97 Å². The van der Waals surface area contributed by atoms with Gasteiger partial charge in [0.05, 0.1) is 7.11 Å². The number of nitrogens with one attached hydrogen (secondary N) is 1. The maximum Gasteiger partial charge on any atom is 0.338 e. The zero-order valence-corrected chi connectivity index (χ0v) is 12.0. The monoisotopic (exact) mass is 270 g/mol. The Morgan fingerprint density at radius 1 is 1.42 bits per heavy atom. The predicted molar refractivity (Wildman–Crippen MR) is 72.8 cm³/mol. The molecule has 2 aliphatic rings. The molecule has 2 unspecified atom stereocenters. The van der Waals surface area contributed by atoms with E-state index in [1.54, 1.807) is 6.92 Å². The van der Waals surface area contributed by atoms with Crippen LogP contribution in [0.15, 0.2) is 0 Å². The molecule has 2 fully saturated rings. The second kappa shape index (κ2) is 6.20. The van der Waals surface area contributed by atoms with Crippen LogP contribution in [0.25, 0.3) is 0 Å². The van der Waals surface area contributed by atoms with E-state index in [2.05, 4.69) is 15.0 Å². The Hall–Kier alpha value is -0.650. The Kier molecular flexibility index (Phi) is 4.81. The molecule has 5 heteroatoms. The second-order valence-corrected chi connectivity index (χ2v) is 6.20. The molecule has 1 aliphatic heterocycles. The van der Waals surface area contributed by atoms with Gasteiger partial charge in [-0.15, -0.1) is 0 Å². The molecule has 110 valence electrons. The molecule has 0 bridgehead atoms. The van der Waals surface area contributed by atoms with Crippen molar-refractivity contribution in [1.29, 1.82) is 0 Å². The van der Waals surface area contributed by atoms with Gasteiger partial charge in [-0.1, -0.05) is 0 Å². The molecule has 0 aromatic rings. The van der Waals surface area contributed by atoms with Crippen LogP contribution in [0, 0.1) is 5.92 Å². The first kappa shape index (κ1) is 14.8. The minimum absolute atomic E-state index is 0.356. The van der Waals surface area contributed by atoms with Crippen molar-refractivity contribution < 1.29 is 14.6 Å². The van der Waals surface area contributed by atoms with E-state index in [9.17, 15) is 9.90 Å². The molecule has 2 N–H and O–H groups in total. The normalized spacial score (nSPS) is 26.4. The third-order valence-corrected chi connectivity index (χ3v) is 4.01. The fraction of sp³-hybridized carbons (Fsp3) is 0.929. The molecule has 0 aromatic carbocycles. The minimum atomic E-state index is -1.41. The van der Waals surface area contributed by atoms with Crippen LogP contribution in [0.4, 0.5) is 0 Å². The highest BCUT2D eigenvalue weighted by atomic mass is 16.5. The minimum Gasteiger partial charge on any atom is -0.467 e. The van der Waals surface area contributed by atoms with Crippen LogP contribution in [0.3, 0.4) is 0 Å². The van der Waals surface area contributed by atoms with Crippen LogP contribution in [-0.2, 0) is 9.53 Å². The molecule has 0 aromatic heterocycles. The molecule has 2 atom stereocenters. The Balaban J connectivity index is 1.89. The molecule has 1 saturated carbocycles. The number of carbonyl (C=O) groups is 1. The van der Waals surface area contributed by atoms with Gasteiger partial charge < -0.3 is 15.2 Å².